The molecule has 21 heavy (non-hydrogen) atoms. The van der Waals surface area contributed by atoms with Gasteiger partial charge in [0.15, 0.2) is 6.29 Å². The predicted octanol–water partition coefficient (Wildman–Crippen LogP) is 0.552. The molecule has 0 radical (unpaired) electrons. The van der Waals surface area contributed by atoms with Crippen LogP contribution in [-0.4, -0.2) is 63.8 Å². The Morgan fingerprint density at radius 3 is 2.29 bits per heavy atom. The molecule has 6 nitrogen and oxygen atoms in total. The number of ether oxygens (including phenoxy) is 2. The van der Waals surface area contributed by atoms with Crippen LogP contribution in [0, 0.1) is 0 Å². The molecule has 1 rings (SSSR count). The lowest BCUT2D eigenvalue weighted by molar-refractivity contribution is -0.310. The Morgan fingerprint density at radius 1 is 1.00 bits per heavy atom. The minimum Gasteiger partial charge on any atom is -0.394 e. The molecule has 126 valence electrons. The summed E-state index contributed by atoms with van der Waals surface area (Å²) in [6, 6.07) is 0. The molecule has 1 aliphatic rings. The average Bonchev–Trinajstić information content (AvgIpc) is 2.47. The first-order valence-corrected chi connectivity index (χ1v) is 7.97. The summed E-state index contributed by atoms with van der Waals surface area (Å²) in [4.78, 5) is 0. The van der Waals surface area contributed by atoms with Crippen LogP contribution in [0.25, 0.3) is 0 Å². The van der Waals surface area contributed by atoms with Gasteiger partial charge >= 0.3 is 0 Å². The fourth-order valence-corrected chi connectivity index (χ4v) is 2.51. The van der Waals surface area contributed by atoms with Crippen LogP contribution >= 0.6 is 0 Å². The first-order chi connectivity index (χ1) is 10.0. The Labute approximate surface area is 126 Å². The minimum absolute atomic E-state index is 0.118. The van der Waals surface area contributed by atoms with Crippen LogP contribution in [0.3, 0.4) is 0 Å². The second kappa shape index (κ2) is 9.71. The van der Waals surface area contributed by atoms with Crippen molar-refractivity contribution in [2.75, 3.05) is 6.61 Å². The van der Waals surface area contributed by atoms with Crippen molar-refractivity contribution in [3.8, 4) is 0 Å². The fourth-order valence-electron chi connectivity index (χ4n) is 2.51. The Morgan fingerprint density at radius 2 is 1.67 bits per heavy atom. The number of hydrogen-bond donors (Lipinski definition) is 4. The van der Waals surface area contributed by atoms with Gasteiger partial charge in [-0.05, 0) is 13.3 Å². The van der Waals surface area contributed by atoms with Gasteiger partial charge in [0.25, 0.3) is 0 Å². The van der Waals surface area contributed by atoms with Crippen LogP contribution in [0.1, 0.15) is 52.4 Å². The Hall–Kier alpha value is -0.240. The van der Waals surface area contributed by atoms with E-state index in [0.29, 0.717) is 0 Å². The number of aliphatic hydroxyl groups is 4. The summed E-state index contributed by atoms with van der Waals surface area (Å²) >= 11 is 0. The van der Waals surface area contributed by atoms with Gasteiger partial charge in [0.1, 0.15) is 24.4 Å². The number of hydrogen-bond acceptors (Lipinski definition) is 6. The van der Waals surface area contributed by atoms with Crippen molar-refractivity contribution in [1.29, 1.82) is 0 Å². The topological polar surface area (TPSA) is 99.4 Å². The Kier molecular flexibility index (Phi) is 8.70. The maximum absolute atomic E-state index is 9.87. The van der Waals surface area contributed by atoms with Gasteiger partial charge in [0.2, 0.25) is 0 Å². The van der Waals surface area contributed by atoms with Gasteiger partial charge in [-0.15, -0.1) is 0 Å². The highest BCUT2D eigenvalue weighted by Gasteiger charge is 2.44. The van der Waals surface area contributed by atoms with Gasteiger partial charge in [0, 0.05) is 0 Å². The van der Waals surface area contributed by atoms with Crippen LogP contribution in [-0.2, 0) is 9.47 Å². The highest BCUT2D eigenvalue weighted by atomic mass is 16.7. The molecule has 0 bridgehead atoms. The van der Waals surface area contributed by atoms with E-state index in [9.17, 15) is 15.3 Å². The zero-order chi connectivity index (χ0) is 15.8. The normalized spacial score (nSPS) is 34.9. The second-order valence-electron chi connectivity index (χ2n) is 5.85. The van der Waals surface area contributed by atoms with E-state index in [-0.39, 0.29) is 6.10 Å². The van der Waals surface area contributed by atoms with Crippen molar-refractivity contribution in [2.45, 2.75) is 89.2 Å². The van der Waals surface area contributed by atoms with E-state index in [1.54, 1.807) is 0 Å². The molecule has 1 aliphatic heterocycles. The molecular weight excluding hydrogens is 276 g/mol. The van der Waals surface area contributed by atoms with Gasteiger partial charge in [-0.3, -0.25) is 0 Å². The lowest BCUT2D eigenvalue weighted by Crippen LogP contribution is -2.59. The molecule has 0 amide bonds. The number of aliphatic hydroxyl groups excluding tert-OH is 4. The molecule has 6 heteroatoms. The largest absolute Gasteiger partial charge is 0.394 e. The van der Waals surface area contributed by atoms with E-state index in [1.807, 2.05) is 6.92 Å². The quantitative estimate of drug-likeness (QED) is 0.464. The van der Waals surface area contributed by atoms with Crippen LogP contribution in [0.2, 0.25) is 0 Å². The van der Waals surface area contributed by atoms with Crippen molar-refractivity contribution in [2.24, 2.45) is 0 Å². The van der Waals surface area contributed by atoms with Crippen molar-refractivity contribution in [3.05, 3.63) is 0 Å². The van der Waals surface area contributed by atoms with Gasteiger partial charge in [-0.25, -0.2) is 0 Å². The molecule has 0 aromatic heterocycles. The lowest BCUT2D eigenvalue weighted by Gasteiger charge is -2.40. The third-order valence-electron chi connectivity index (χ3n) is 3.93. The van der Waals surface area contributed by atoms with E-state index in [1.165, 1.54) is 19.3 Å². The lowest BCUT2D eigenvalue weighted by atomic mass is 9.99. The standard InChI is InChI=1S/C15H30O6/c1-3-4-5-6-7-8-10(2)20-15-14(19)13(18)12(17)11(9-16)21-15/h10-19H,3-9H2,1-2H3/t10?,11-,12-,13+,14-,15+/m1/s1. The SMILES string of the molecule is CCCCCCCC(C)O[C@H]1O[C@H](CO)[C@@H](O)[C@H](O)[C@H]1O. The van der Waals surface area contributed by atoms with Crippen molar-refractivity contribution in [1.82, 2.24) is 0 Å². The Balaban J connectivity index is 2.34. The van der Waals surface area contributed by atoms with Crippen LogP contribution in [0.15, 0.2) is 0 Å². The highest BCUT2D eigenvalue weighted by Crippen LogP contribution is 2.23. The van der Waals surface area contributed by atoms with Gasteiger partial charge < -0.3 is 29.9 Å². The minimum atomic E-state index is -1.38. The summed E-state index contributed by atoms with van der Waals surface area (Å²) in [5.41, 5.74) is 0. The van der Waals surface area contributed by atoms with E-state index in [0.717, 1.165) is 19.3 Å². The summed E-state index contributed by atoms with van der Waals surface area (Å²) in [5, 5.41) is 38.3. The fraction of sp³-hybridized carbons (Fsp3) is 1.00. The third-order valence-corrected chi connectivity index (χ3v) is 3.93. The number of rotatable bonds is 9. The molecule has 1 saturated heterocycles. The molecule has 1 unspecified atom stereocenters. The monoisotopic (exact) mass is 306 g/mol. The molecule has 0 saturated carbocycles. The van der Waals surface area contributed by atoms with E-state index < -0.39 is 37.3 Å². The second-order valence-corrected chi connectivity index (χ2v) is 5.85. The van der Waals surface area contributed by atoms with E-state index in [2.05, 4.69) is 6.92 Å². The van der Waals surface area contributed by atoms with E-state index >= 15 is 0 Å². The first kappa shape index (κ1) is 18.8. The van der Waals surface area contributed by atoms with Crippen LogP contribution < -0.4 is 0 Å². The predicted molar refractivity (Wildman–Crippen MR) is 77.7 cm³/mol. The maximum atomic E-state index is 9.87. The molecule has 4 N–H and O–H groups in total. The van der Waals surface area contributed by atoms with Gasteiger partial charge in [0.05, 0.1) is 12.7 Å². The van der Waals surface area contributed by atoms with Crippen molar-refractivity contribution < 1.29 is 29.9 Å². The first-order valence-electron chi connectivity index (χ1n) is 7.97. The van der Waals surface area contributed by atoms with Crippen molar-refractivity contribution in [3.63, 3.8) is 0 Å². The molecule has 0 spiro atoms. The molecule has 0 aromatic carbocycles. The summed E-state index contributed by atoms with van der Waals surface area (Å²) in [6.07, 6.45) is 0.608. The van der Waals surface area contributed by atoms with E-state index in [4.69, 9.17) is 14.6 Å². The summed E-state index contributed by atoms with van der Waals surface area (Å²) in [5.74, 6) is 0. The Bertz CT molecular complexity index is 273. The van der Waals surface area contributed by atoms with Gasteiger partial charge in [-0.1, -0.05) is 39.0 Å². The maximum Gasteiger partial charge on any atom is 0.186 e. The molecule has 6 atom stereocenters. The number of unbranched alkanes of at least 4 members (excludes halogenated alkanes) is 4. The summed E-state index contributed by atoms with van der Waals surface area (Å²) in [7, 11) is 0. The van der Waals surface area contributed by atoms with Crippen LogP contribution in [0.4, 0.5) is 0 Å². The third kappa shape index (κ3) is 5.81. The van der Waals surface area contributed by atoms with Gasteiger partial charge in [-0.2, -0.15) is 0 Å². The summed E-state index contributed by atoms with van der Waals surface area (Å²) in [6.45, 7) is 3.63. The van der Waals surface area contributed by atoms with Crippen molar-refractivity contribution >= 4 is 0 Å². The zero-order valence-corrected chi connectivity index (χ0v) is 13.0. The molecule has 0 aromatic rings. The smallest absolute Gasteiger partial charge is 0.186 e. The molecule has 1 fully saturated rings. The average molecular weight is 306 g/mol. The molecule has 0 aliphatic carbocycles. The van der Waals surface area contributed by atoms with Crippen LogP contribution in [0.5, 0.6) is 0 Å². The molecule has 1 heterocycles. The zero-order valence-electron chi connectivity index (χ0n) is 13.0. The highest BCUT2D eigenvalue weighted by molar-refractivity contribution is 4.89. The molecular formula is C15H30O6. The summed E-state index contributed by atoms with van der Waals surface area (Å²) < 4.78 is 10.9.